The molecule has 1 saturated carbocycles. The molecule has 0 radical (unpaired) electrons. The van der Waals surface area contributed by atoms with E-state index >= 15 is 0 Å². The van der Waals surface area contributed by atoms with E-state index in [4.69, 9.17) is 9.47 Å². The van der Waals surface area contributed by atoms with E-state index in [0.717, 1.165) is 76.4 Å². The molecule has 1 saturated heterocycles. The highest BCUT2D eigenvalue weighted by molar-refractivity contribution is 5.91. The summed E-state index contributed by atoms with van der Waals surface area (Å²) in [6.45, 7) is 5.23. The minimum Gasteiger partial charge on any atom is -0.469 e. The molecular weight excluding hydrogens is 644 g/mol. The van der Waals surface area contributed by atoms with Crippen molar-refractivity contribution in [1.29, 1.82) is 0 Å². The van der Waals surface area contributed by atoms with Gasteiger partial charge in [0.15, 0.2) is 11.5 Å². The number of piperazine rings is 1. The van der Waals surface area contributed by atoms with Crippen LogP contribution in [0.5, 0.6) is 0 Å². The summed E-state index contributed by atoms with van der Waals surface area (Å²) in [5.74, 6) is -0.0824. The number of anilines is 2. The zero-order valence-electron chi connectivity index (χ0n) is 27.8. The number of carbonyl (C=O) groups excluding carboxylic acids is 1. The van der Waals surface area contributed by atoms with Gasteiger partial charge in [0.25, 0.3) is 0 Å². The molecule has 262 valence electrons. The molecule has 0 bridgehead atoms. The zero-order chi connectivity index (χ0) is 34.8. The van der Waals surface area contributed by atoms with Crippen molar-refractivity contribution in [2.24, 2.45) is 5.41 Å². The first-order valence-corrected chi connectivity index (χ1v) is 16.3. The van der Waals surface area contributed by atoms with Crippen molar-refractivity contribution in [2.75, 3.05) is 76.9 Å². The van der Waals surface area contributed by atoms with Crippen LogP contribution in [0.25, 0.3) is 33.9 Å². The summed E-state index contributed by atoms with van der Waals surface area (Å²) in [6, 6.07) is 4.09. The van der Waals surface area contributed by atoms with Gasteiger partial charge >= 0.3 is 12.1 Å². The molecule has 1 aliphatic heterocycles. The van der Waals surface area contributed by atoms with Crippen molar-refractivity contribution in [2.45, 2.75) is 38.3 Å². The van der Waals surface area contributed by atoms with Gasteiger partial charge in [0, 0.05) is 64.3 Å². The number of carbonyl (C=O) groups is 1. The number of alkyl halides is 3. The van der Waals surface area contributed by atoms with E-state index in [-0.39, 0.29) is 28.3 Å². The van der Waals surface area contributed by atoms with E-state index in [1.165, 1.54) is 7.11 Å². The Morgan fingerprint density at radius 2 is 1.80 bits per heavy atom. The quantitative estimate of drug-likeness (QED) is 0.150. The standard InChI is InChI=1S/C34H40F4N8O3/c1-44(20-33(21-48-2)7-5-8-33)27-17-25(22-14-23(34(36,37)38)16-24(35)15-22)41-32-30(27)42-31(43-32)26-18-40-28(19-39-26)46-12-10-45(11-13-46)9-4-6-29(47)49-3/h14-19H,4-13,20-21H2,1-3H3,(H,41,42,43). The first kappa shape index (κ1) is 34.5. The van der Waals surface area contributed by atoms with Crippen LogP contribution in [0.4, 0.5) is 29.1 Å². The molecule has 49 heavy (non-hydrogen) atoms. The van der Waals surface area contributed by atoms with E-state index in [1.54, 1.807) is 25.6 Å². The molecule has 1 N–H and O–H groups in total. The number of pyridine rings is 1. The summed E-state index contributed by atoms with van der Waals surface area (Å²) in [6.07, 6.45) is 2.82. The Balaban J connectivity index is 1.27. The van der Waals surface area contributed by atoms with Gasteiger partial charge < -0.3 is 24.3 Å². The third-order valence-corrected chi connectivity index (χ3v) is 9.47. The van der Waals surface area contributed by atoms with Crippen LogP contribution in [0.2, 0.25) is 0 Å². The molecular formula is C34H40F4N8O3. The fourth-order valence-corrected chi connectivity index (χ4v) is 6.72. The molecule has 11 nitrogen and oxygen atoms in total. The monoisotopic (exact) mass is 684 g/mol. The number of methoxy groups -OCH3 is 2. The first-order valence-electron chi connectivity index (χ1n) is 16.3. The number of nitrogens with zero attached hydrogens (tertiary/aromatic N) is 7. The fourth-order valence-electron chi connectivity index (χ4n) is 6.72. The molecule has 3 aromatic heterocycles. The zero-order valence-corrected chi connectivity index (χ0v) is 27.8. The van der Waals surface area contributed by atoms with Gasteiger partial charge in [0.05, 0.1) is 43.1 Å². The lowest BCUT2D eigenvalue weighted by Crippen LogP contribution is -2.47. The largest absolute Gasteiger partial charge is 0.469 e. The van der Waals surface area contributed by atoms with Crippen molar-refractivity contribution in [1.82, 2.24) is 29.8 Å². The van der Waals surface area contributed by atoms with Crippen LogP contribution in [-0.2, 0) is 20.4 Å². The second-order valence-electron chi connectivity index (χ2n) is 12.9. The van der Waals surface area contributed by atoms with Gasteiger partial charge in [-0.1, -0.05) is 6.42 Å². The molecule has 4 heterocycles. The average molecular weight is 685 g/mol. The highest BCUT2D eigenvalue weighted by Gasteiger charge is 2.38. The number of ether oxygens (including phenoxy) is 2. The Morgan fingerprint density at radius 1 is 1.02 bits per heavy atom. The topological polar surface area (TPSA) is 113 Å². The Bertz CT molecular complexity index is 1770. The first-order chi connectivity index (χ1) is 23.5. The van der Waals surface area contributed by atoms with Gasteiger partial charge in [0.1, 0.15) is 22.8 Å². The lowest BCUT2D eigenvalue weighted by molar-refractivity contribution is -0.141. The molecule has 0 amide bonds. The number of fused-ring (bicyclic) bond motifs is 1. The van der Waals surface area contributed by atoms with E-state index in [0.29, 0.717) is 48.4 Å². The number of H-pyrrole nitrogens is 1. The number of nitrogens with one attached hydrogen (secondary N) is 1. The molecule has 0 atom stereocenters. The fraction of sp³-hybridized carbons (Fsp3) is 0.500. The molecule has 2 fully saturated rings. The molecule has 2 aliphatic rings. The van der Waals surface area contributed by atoms with Crippen LogP contribution in [0.1, 0.15) is 37.7 Å². The molecule has 1 aromatic carbocycles. The molecule has 0 unspecified atom stereocenters. The van der Waals surface area contributed by atoms with Crippen LogP contribution in [0, 0.1) is 11.2 Å². The van der Waals surface area contributed by atoms with E-state index in [2.05, 4.69) is 34.7 Å². The number of hydrogen-bond donors (Lipinski definition) is 1. The number of rotatable bonds is 12. The lowest BCUT2D eigenvalue weighted by Gasteiger charge is -2.44. The highest BCUT2D eigenvalue weighted by Crippen LogP contribution is 2.43. The molecule has 4 aromatic rings. The summed E-state index contributed by atoms with van der Waals surface area (Å²) >= 11 is 0. The second-order valence-corrected chi connectivity index (χ2v) is 12.9. The number of imidazole rings is 1. The van der Waals surface area contributed by atoms with E-state index in [1.807, 2.05) is 11.9 Å². The number of hydrogen-bond acceptors (Lipinski definition) is 10. The average Bonchev–Trinajstić information content (AvgIpc) is 3.51. The van der Waals surface area contributed by atoms with Crippen LogP contribution in [0.3, 0.4) is 0 Å². The minimum atomic E-state index is -4.72. The number of aromatic amines is 1. The summed E-state index contributed by atoms with van der Waals surface area (Å²) in [5.41, 5.74) is 0.983. The van der Waals surface area contributed by atoms with Gasteiger partial charge in [-0.25, -0.2) is 24.3 Å². The Kier molecular flexibility index (Phi) is 10.0. The maximum absolute atomic E-state index is 14.5. The normalized spacial score (nSPS) is 16.5. The third kappa shape index (κ3) is 7.77. The lowest BCUT2D eigenvalue weighted by atomic mass is 9.69. The van der Waals surface area contributed by atoms with Crippen molar-refractivity contribution in [3.8, 4) is 22.8 Å². The molecule has 0 spiro atoms. The molecule has 1 aliphatic carbocycles. The Hall–Kier alpha value is -4.37. The van der Waals surface area contributed by atoms with Crippen LogP contribution in [-0.4, -0.2) is 103 Å². The second kappa shape index (κ2) is 14.2. The van der Waals surface area contributed by atoms with Crippen molar-refractivity contribution in [3.05, 3.63) is 48.0 Å². The van der Waals surface area contributed by atoms with Gasteiger partial charge in [-0.3, -0.25) is 9.69 Å². The summed E-state index contributed by atoms with van der Waals surface area (Å²) in [5, 5.41) is 0. The number of esters is 1. The van der Waals surface area contributed by atoms with Gasteiger partial charge in [-0.2, -0.15) is 13.2 Å². The number of aromatic nitrogens is 5. The van der Waals surface area contributed by atoms with Crippen molar-refractivity contribution >= 4 is 28.6 Å². The predicted octanol–water partition coefficient (Wildman–Crippen LogP) is 5.57. The van der Waals surface area contributed by atoms with Crippen molar-refractivity contribution in [3.63, 3.8) is 0 Å². The van der Waals surface area contributed by atoms with E-state index < -0.39 is 17.6 Å². The SMILES string of the molecule is COCC1(CN(C)c2cc(-c3cc(F)cc(C(F)(F)F)c3)nc3nc(-c4cnc(N5CCN(CCCC(=O)OC)CC5)cn4)[nH]c23)CCC1. The van der Waals surface area contributed by atoms with Crippen LogP contribution in [0.15, 0.2) is 36.7 Å². The number of halogens is 4. The highest BCUT2D eigenvalue weighted by atomic mass is 19.4. The summed E-state index contributed by atoms with van der Waals surface area (Å²) in [4.78, 5) is 39.8. The third-order valence-electron chi connectivity index (χ3n) is 9.47. The van der Waals surface area contributed by atoms with Crippen LogP contribution >= 0.6 is 0 Å². The minimum absolute atomic E-state index is 0.00335. The maximum Gasteiger partial charge on any atom is 0.416 e. The molecule has 6 rings (SSSR count). The van der Waals surface area contributed by atoms with Gasteiger partial charge in [-0.05, 0) is 50.1 Å². The summed E-state index contributed by atoms with van der Waals surface area (Å²) in [7, 11) is 4.98. The maximum atomic E-state index is 14.5. The summed E-state index contributed by atoms with van der Waals surface area (Å²) < 4.78 is 65.5. The van der Waals surface area contributed by atoms with Crippen molar-refractivity contribution < 1.29 is 31.8 Å². The number of benzene rings is 1. The molecule has 15 heteroatoms. The Labute approximate surface area is 281 Å². The van der Waals surface area contributed by atoms with Gasteiger partial charge in [0.2, 0.25) is 0 Å². The van der Waals surface area contributed by atoms with Gasteiger partial charge in [-0.15, -0.1) is 0 Å². The van der Waals surface area contributed by atoms with Crippen LogP contribution < -0.4 is 9.80 Å². The Morgan fingerprint density at radius 3 is 2.43 bits per heavy atom. The van der Waals surface area contributed by atoms with E-state index in [9.17, 15) is 22.4 Å². The smallest absolute Gasteiger partial charge is 0.416 e. The predicted molar refractivity (Wildman–Crippen MR) is 177 cm³/mol.